The summed E-state index contributed by atoms with van der Waals surface area (Å²) in [6.07, 6.45) is 11.1. The van der Waals surface area contributed by atoms with Crippen LogP contribution in [-0.2, 0) is 4.74 Å². The van der Waals surface area contributed by atoms with Crippen molar-refractivity contribution in [2.24, 2.45) is 0 Å². The molecule has 2 unspecified atom stereocenters. The van der Waals surface area contributed by atoms with Crippen LogP contribution >= 0.6 is 0 Å². The monoisotopic (exact) mass is 195 g/mol. The fourth-order valence-electron chi connectivity index (χ4n) is 1.42. The third-order valence-electron chi connectivity index (χ3n) is 2.32. The average molecular weight is 195 g/mol. The molecule has 0 bridgehead atoms. The zero-order chi connectivity index (χ0) is 10.2. The topological polar surface area (TPSA) is 21.3 Å². The van der Waals surface area contributed by atoms with Gasteiger partial charge in [-0.2, -0.15) is 0 Å². The van der Waals surface area contributed by atoms with Crippen molar-refractivity contribution in [1.29, 1.82) is 0 Å². The molecule has 1 aliphatic heterocycles. The van der Waals surface area contributed by atoms with Crippen LogP contribution in [0.4, 0.5) is 0 Å². The highest BCUT2D eigenvalue weighted by Crippen LogP contribution is 2.04. The first kappa shape index (κ1) is 11.5. The lowest BCUT2D eigenvalue weighted by Crippen LogP contribution is -2.44. The maximum atomic E-state index is 5.55. The van der Waals surface area contributed by atoms with Crippen molar-refractivity contribution in [2.75, 3.05) is 13.2 Å². The molecule has 14 heavy (non-hydrogen) atoms. The molecule has 1 saturated heterocycles. The molecule has 1 rings (SSSR count). The Morgan fingerprint density at radius 2 is 2.14 bits per heavy atom. The zero-order valence-corrected chi connectivity index (χ0v) is 9.20. The molecule has 0 aromatic carbocycles. The number of ether oxygens (including phenoxy) is 1. The molecule has 0 radical (unpaired) electrons. The van der Waals surface area contributed by atoms with Gasteiger partial charge in [0.15, 0.2) is 0 Å². The smallest absolute Gasteiger partial charge is 0.0672 e. The summed E-state index contributed by atoms with van der Waals surface area (Å²) in [6.45, 7) is 6.05. The van der Waals surface area contributed by atoms with E-state index in [4.69, 9.17) is 4.74 Å². The van der Waals surface area contributed by atoms with Crippen molar-refractivity contribution in [2.45, 2.75) is 38.8 Å². The molecule has 0 amide bonds. The van der Waals surface area contributed by atoms with Crippen LogP contribution in [0.25, 0.3) is 0 Å². The quantitative estimate of drug-likeness (QED) is 0.695. The average Bonchev–Trinajstić information content (AvgIpc) is 2.21. The van der Waals surface area contributed by atoms with E-state index in [1.165, 1.54) is 0 Å². The second-order valence-electron chi connectivity index (χ2n) is 3.75. The summed E-state index contributed by atoms with van der Waals surface area (Å²) in [5.41, 5.74) is 0. The lowest BCUT2D eigenvalue weighted by atomic mass is 10.1. The molecule has 0 spiro atoms. The van der Waals surface area contributed by atoms with Crippen molar-refractivity contribution < 1.29 is 4.74 Å². The van der Waals surface area contributed by atoms with Gasteiger partial charge in [-0.15, -0.1) is 0 Å². The summed E-state index contributed by atoms with van der Waals surface area (Å²) in [5, 5.41) is 3.46. The van der Waals surface area contributed by atoms with Crippen LogP contribution in [0, 0.1) is 0 Å². The summed E-state index contributed by atoms with van der Waals surface area (Å²) in [5.74, 6) is 0. The van der Waals surface area contributed by atoms with Crippen molar-refractivity contribution in [1.82, 2.24) is 5.32 Å². The Morgan fingerprint density at radius 1 is 1.36 bits per heavy atom. The van der Waals surface area contributed by atoms with Crippen LogP contribution < -0.4 is 5.32 Å². The van der Waals surface area contributed by atoms with E-state index in [2.05, 4.69) is 43.5 Å². The van der Waals surface area contributed by atoms with Crippen molar-refractivity contribution in [3.8, 4) is 0 Å². The fourth-order valence-corrected chi connectivity index (χ4v) is 1.42. The Labute approximate surface area is 87.0 Å². The van der Waals surface area contributed by atoms with E-state index in [0.717, 1.165) is 26.0 Å². The van der Waals surface area contributed by atoms with Crippen LogP contribution in [0.15, 0.2) is 24.3 Å². The molecule has 0 aromatic heterocycles. The molecular formula is C12H21NO. The van der Waals surface area contributed by atoms with E-state index in [9.17, 15) is 0 Å². The van der Waals surface area contributed by atoms with Gasteiger partial charge in [0.2, 0.25) is 0 Å². The third kappa shape index (κ3) is 4.58. The first-order valence-electron chi connectivity index (χ1n) is 5.49. The molecule has 0 aliphatic carbocycles. The van der Waals surface area contributed by atoms with Gasteiger partial charge < -0.3 is 10.1 Å². The molecule has 1 fully saturated rings. The summed E-state index contributed by atoms with van der Waals surface area (Å²) in [6, 6.07) is 0.498. The number of nitrogens with one attached hydrogen (secondary N) is 1. The van der Waals surface area contributed by atoms with Crippen LogP contribution in [0.2, 0.25) is 0 Å². The zero-order valence-electron chi connectivity index (χ0n) is 9.20. The minimum absolute atomic E-state index is 0.371. The number of hydrogen-bond acceptors (Lipinski definition) is 2. The van der Waals surface area contributed by atoms with Crippen molar-refractivity contribution in [3.63, 3.8) is 0 Å². The van der Waals surface area contributed by atoms with Crippen molar-refractivity contribution >= 4 is 0 Å². The van der Waals surface area contributed by atoms with E-state index in [-0.39, 0.29) is 0 Å². The van der Waals surface area contributed by atoms with Gasteiger partial charge in [0.1, 0.15) is 0 Å². The predicted octanol–water partition coefficient (Wildman–Crippen LogP) is 2.28. The summed E-state index contributed by atoms with van der Waals surface area (Å²) >= 11 is 0. The first-order valence-corrected chi connectivity index (χ1v) is 5.49. The second kappa shape index (κ2) is 6.80. The van der Waals surface area contributed by atoms with Gasteiger partial charge in [-0.3, -0.25) is 0 Å². The van der Waals surface area contributed by atoms with E-state index in [0.29, 0.717) is 12.1 Å². The highest BCUT2D eigenvalue weighted by Gasteiger charge is 2.15. The number of rotatable bonds is 4. The molecular weight excluding hydrogens is 174 g/mol. The van der Waals surface area contributed by atoms with Crippen LogP contribution in [0.5, 0.6) is 0 Å². The lowest BCUT2D eigenvalue weighted by molar-refractivity contribution is 0.0161. The van der Waals surface area contributed by atoms with Crippen LogP contribution in [0.3, 0.4) is 0 Å². The van der Waals surface area contributed by atoms with Gasteiger partial charge in [0, 0.05) is 12.6 Å². The minimum atomic E-state index is 0.371. The molecule has 2 nitrogen and oxygen atoms in total. The van der Waals surface area contributed by atoms with Crippen LogP contribution in [0.1, 0.15) is 26.7 Å². The van der Waals surface area contributed by atoms with E-state index >= 15 is 0 Å². The van der Waals surface area contributed by atoms with Gasteiger partial charge in [0.05, 0.1) is 12.7 Å². The number of allylic oxidation sites excluding steroid dienone is 3. The van der Waals surface area contributed by atoms with Gasteiger partial charge in [-0.25, -0.2) is 0 Å². The normalized spacial score (nSPS) is 29.0. The molecule has 1 heterocycles. The molecule has 1 aliphatic rings. The third-order valence-corrected chi connectivity index (χ3v) is 2.32. The van der Waals surface area contributed by atoms with E-state index in [1.807, 2.05) is 0 Å². The van der Waals surface area contributed by atoms with Gasteiger partial charge in [-0.1, -0.05) is 31.2 Å². The lowest BCUT2D eigenvalue weighted by Gasteiger charge is -2.27. The largest absolute Gasteiger partial charge is 0.376 e. The molecule has 0 aromatic rings. The molecule has 2 heteroatoms. The number of hydrogen-bond donors (Lipinski definition) is 1. The Morgan fingerprint density at radius 3 is 2.79 bits per heavy atom. The van der Waals surface area contributed by atoms with E-state index in [1.54, 1.807) is 0 Å². The first-order chi connectivity index (χ1) is 6.83. The maximum absolute atomic E-state index is 5.55. The number of morpholine rings is 1. The van der Waals surface area contributed by atoms with Gasteiger partial charge in [0.25, 0.3) is 0 Å². The summed E-state index contributed by atoms with van der Waals surface area (Å²) in [7, 11) is 0. The van der Waals surface area contributed by atoms with Crippen molar-refractivity contribution in [3.05, 3.63) is 24.3 Å². The summed E-state index contributed by atoms with van der Waals surface area (Å²) in [4.78, 5) is 0. The van der Waals surface area contributed by atoms with Gasteiger partial charge in [-0.05, 0) is 19.8 Å². The Hall–Kier alpha value is -0.600. The van der Waals surface area contributed by atoms with Gasteiger partial charge >= 0.3 is 0 Å². The van der Waals surface area contributed by atoms with Crippen LogP contribution in [-0.4, -0.2) is 25.3 Å². The highest BCUT2D eigenvalue weighted by atomic mass is 16.5. The molecule has 80 valence electrons. The predicted molar refractivity (Wildman–Crippen MR) is 60.4 cm³/mol. The molecule has 0 saturated carbocycles. The standard InChI is InChI=1S/C12H21NO/c1-3-4-5-6-7-8-12-10-14-11(2)9-13-12/h4-7,11-13H,3,8-10H2,1-2H3. The molecule has 1 N–H and O–H groups in total. The minimum Gasteiger partial charge on any atom is -0.376 e. The second-order valence-corrected chi connectivity index (χ2v) is 3.75. The molecule has 2 atom stereocenters. The maximum Gasteiger partial charge on any atom is 0.0672 e. The fraction of sp³-hybridized carbons (Fsp3) is 0.667. The van der Waals surface area contributed by atoms with E-state index < -0.39 is 0 Å². The summed E-state index contributed by atoms with van der Waals surface area (Å²) < 4.78 is 5.55. The Balaban J connectivity index is 2.12. The Kier molecular flexibility index (Phi) is 5.57. The highest BCUT2D eigenvalue weighted by molar-refractivity contribution is 5.03. The Bertz CT molecular complexity index is 190. The SMILES string of the molecule is CCC=CC=CCC1COC(C)CN1.